The summed E-state index contributed by atoms with van der Waals surface area (Å²) in [5, 5.41) is 2.91. The highest BCUT2D eigenvalue weighted by Crippen LogP contribution is 2.41. The summed E-state index contributed by atoms with van der Waals surface area (Å²) in [6.45, 7) is 4.19. The molecule has 2 fully saturated rings. The summed E-state index contributed by atoms with van der Waals surface area (Å²) in [7, 11) is 0. The number of nitrogens with two attached hydrogens (primary N) is 1. The van der Waals surface area contributed by atoms with Gasteiger partial charge in [-0.2, -0.15) is 0 Å². The Morgan fingerprint density at radius 1 is 1.38 bits per heavy atom. The van der Waals surface area contributed by atoms with Crippen LogP contribution in [-0.2, 0) is 4.79 Å². The Hall–Kier alpha value is -0.830. The number of nitrogens with one attached hydrogen (secondary N) is 1. The molecule has 3 nitrogen and oxygen atoms in total. The Kier molecular flexibility index (Phi) is 3.64. The van der Waals surface area contributed by atoms with Gasteiger partial charge < -0.3 is 11.1 Å². The lowest BCUT2D eigenvalue weighted by Gasteiger charge is -2.43. The molecule has 0 heterocycles. The second kappa shape index (κ2) is 5.00. The zero-order chi connectivity index (χ0) is 11.5. The average molecular weight is 222 g/mol. The first kappa shape index (κ1) is 11.6. The van der Waals surface area contributed by atoms with Gasteiger partial charge in [-0.1, -0.05) is 12.5 Å². The van der Waals surface area contributed by atoms with Crippen molar-refractivity contribution >= 4 is 5.91 Å². The quantitative estimate of drug-likeness (QED) is 0.710. The van der Waals surface area contributed by atoms with Gasteiger partial charge in [-0.3, -0.25) is 4.79 Å². The molecular weight excluding hydrogens is 200 g/mol. The highest BCUT2D eigenvalue weighted by atomic mass is 16.1. The largest absolute Gasteiger partial charge is 0.352 e. The number of rotatable bonds is 3. The Labute approximate surface area is 97.5 Å². The van der Waals surface area contributed by atoms with E-state index < -0.39 is 0 Å². The lowest BCUT2D eigenvalue weighted by Crippen LogP contribution is -2.49. The molecule has 2 unspecified atom stereocenters. The van der Waals surface area contributed by atoms with Crippen molar-refractivity contribution in [1.29, 1.82) is 0 Å². The molecule has 0 aromatic rings. The second-order valence-electron chi connectivity index (χ2n) is 5.23. The third-order valence-electron chi connectivity index (χ3n) is 4.20. The van der Waals surface area contributed by atoms with Crippen molar-refractivity contribution < 1.29 is 4.79 Å². The Morgan fingerprint density at radius 2 is 2.00 bits per heavy atom. The second-order valence-corrected chi connectivity index (χ2v) is 5.23. The van der Waals surface area contributed by atoms with Crippen LogP contribution < -0.4 is 11.1 Å². The van der Waals surface area contributed by atoms with E-state index in [0.717, 1.165) is 12.8 Å². The van der Waals surface area contributed by atoms with Crippen molar-refractivity contribution in [3.05, 3.63) is 12.7 Å². The molecule has 0 aliphatic heterocycles. The van der Waals surface area contributed by atoms with Gasteiger partial charge in [0.05, 0.1) is 0 Å². The van der Waals surface area contributed by atoms with Crippen LogP contribution in [0.5, 0.6) is 0 Å². The highest BCUT2D eigenvalue weighted by Gasteiger charge is 2.40. The van der Waals surface area contributed by atoms with Crippen LogP contribution in [-0.4, -0.2) is 18.5 Å². The summed E-state index contributed by atoms with van der Waals surface area (Å²) in [5.41, 5.74) is 6.20. The number of carbonyl (C=O) groups excluding carboxylic acids is 1. The summed E-state index contributed by atoms with van der Waals surface area (Å²) in [6, 6.07) is 0.345. The summed E-state index contributed by atoms with van der Waals surface area (Å²) < 4.78 is 0. The number of hydrogen-bond donors (Lipinski definition) is 2. The van der Waals surface area contributed by atoms with Crippen molar-refractivity contribution in [3.8, 4) is 0 Å². The molecule has 0 aromatic heterocycles. The molecule has 2 saturated carbocycles. The predicted octanol–water partition coefficient (Wildman–Crippen LogP) is 1.44. The lowest BCUT2D eigenvalue weighted by molar-refractivity contribution is -0.127. The molecule has 2 atom stereocenters. The van der Waals surface area contributed by atoms with Crippen molar-refractivity contribution in [2.45, 2.75) is 38.1 Å². The molecule has 3 N–H and O–H groups in total. The summed E-state index contributed by atoms with van der Waals surface area (Å²) in [5.74, 6) is 1.54. The van der Waals surface area contributed by atoms with E-state index in [-0.39, 0.29) is 11.8 Å². The molecule has 90 valence electrons. The molecular formula is C13H22N2O. The van der Waals surface area contributed by atoms with E-state index in [2.05, 4.69) is 11.9 Å². The SMILES string of the molecule is C=CCNC(=O)C1CC2CCCC(C1)C2N. The summed E-state index contributed by atoms with van der Waals surface area (Å²) in [6.07, 6.45) is 7.42. The molecule has 0 radical (unpaired) electrons. The first-order chi connectivity index (χ1) is 7.72. The third-order valence-corrected chi connectivity index (χ3v) is 4.20. The maximum atomic E-state index is 11.9. The predicted molar refractivity (Wildman–Crippen MR) is 64.7 cm³/mol. The van der Waals surface area contributed by atoms with Gasteiger partial charge in [-0.15, -0.1) is 6.58 Å². The molecule has 3 heteroatoms. The van der Waals surface area contributed by atoms with Gasteiger partial charge >= 0.3 is 0 Å². The minimum absolute atomic E-state index is 0.190. The van der Waals surface area contributed by atoms with Gasteiger partial charge in [0.1, 0.15) is 0 Å². The smallest absolute Gasteiger partial charge is 0.223 e. The monoisotopic (exact) mass is 222 g/mol. The maximum absolute atomic E-state index is 11.9. The first-order valence-corrected chi connectivity index (χ1v) is 6.36. The fourth-order valence-electron chi connectivity index (χ4n) is 3.32. The van der Waals surface area contributed by atoms with Gasteiger partial charge in [0.2, 0.25) is 5.91 Å². The van der Waals surface area contributed by atoms with Crippen LogP contribution >= 0.6 is 0 Å². The number of fused-ring (bicyclic) bond motifs is 2. The van der Waals surface area contributed by atoms with Gasteiger partial charge in [-0.25, -0.2) is 0 Å². The molecule has 0 aromatic carbocycles. The molecule has 2 aliphatic carbocycles. The van der Waals surface area contributed by atoms with Crippen molar-refractivity contribution in [2.24, 2.45) is 23.5 Å². The minimum Gasteiger partial charge on any atom is -0.352 e. The van der Waals surface area contributed by atoms with Gasteiger partial charge in [0.15, 0.2) is 0 Å². The Balaban J connectivity index is 1.93. The Bertz CT molecular complexity index is 263. The van der Waals surface area contributed by atoms with E-state index in [0.29, 0.717) is 24.4 Å². The number of amides is 1. The summed E-state index contributed by atoms with van der Waals surface area (Å²) >= 11 is 0. The van der Waals surface area contributed by atoms with Crippen LogP contribution in [0, 0.1) is 17.8 Å². The van der Waals surface area contributed by atoms with E-state index in [1.54, 1.807) is 6.08 Å². The van der Waals surface area contributed by atoms with E-state index in [1.807, 2.05) is 0 Å². The summed E-state index contributed by atoms with van der Waals surface area (Å²) in [4.78, 5) is 11.9. The van der Waals surface area contributed by atoms with E-state index in [4.69, 9.17) is 5.73 Å². The average Bonchev–Trinajstić information content (AvgIpc) is 2.25. The highest BCUT2D eigenvalue weighted by molar-refractivity contribution is 5.78. The van der Waals surface area contributed by atoms with E-state index >= 15 is 0 Å². The van der Waals surface area contributed by atoms with E-state index in [9.17, 15) is 4.79 Å². The van der Waals surface area contributed by atoms with Crippen LogP contribution in [0.2, 0.25) is 0 Å². The van der Waals surface area contributed by atoms with Crippen LogP contribution in [0.4, 0.5) is 0 Å². The molecule has 1 amide bonds. The zero-order valence-electron chi connectivity index (χ0n) is 9.82. The topological polar surface area (TPSA) is 55.1 Å². The van der Waals surface area contributed by atoms with E-state index in [1.165, 1.54) is 19.3 Å². The van der Waals surface area contributed by atoms with Crippen molar-refractivity contribution in [1.82, 2.24) is 5.32 Å². The molecule has 0 saturated heterocycles. The van der Waals surface area contributed by atoms with Crippen LogP contribution in [0.15, 0.2) is 12.7 Å². The third kappa shape index (κ3) is 2.29. The van der Waals surface area contributed by atoms with Crippen molar-refractivity contribution in [2.75, 3.05) is 6.54 Å². The fourth-order valence-corrected chi connectivity index (χ4v) is 3.32. The normalized spacial score (nSPS) is 37.8. The zero-order valence-corrected chi connectivity index (χ0v) is 9.82. The molecule has 2 bridgehead atoms. The minimum atomic E-state index is 0.190. The molecule has 0 spiro atoms. The number of carbonyl (C=O) groups is 1. The van der Waals surface area contributed by atoms with Crippen LogP contribution in [0.3, 0.4) is 0 Å². The molecule has 2 aliphatic rings. The Morgan fingerprint density at radius 3 is 2.56 bits per heavy atom. The van der Waals surface area contributed by atoms with Gasteiger partial charge in [0.25, 0.3) is 0 Å². The molecule has 16 heavy (non-hydrogen) atoms. The molecule has 2 rings (SSSR count). The van der Waals surface area contributed by atoms with Crippen LogP contribution in [0.25, 0.3) is 0 Å². The first-order valence-electron chi connectivity index (χ1n) is 6.36. The maximum Gasteiger partial charge on any atom is 0.223 e. The lowest BCUT2D eigenvalue weighted by atomic mass is 9.65. The fraction of sp³-hybridized carbons (Fsp3) is 0.769. The van der Waals surface area contributed by atoms with Gasteiger partial charge in [-0.05, 0) is 37.5 Å². The van der Waals surface area contributed by atoms with Crippen molar-refractivity contribution in [3.63, 3.8) is 0 Å². The standard InChI is InChI=1S/C13H22N2O/c1-2-6-15-13(16)11-7-9-4-3-5-10(8-11)12(9)14/h2,9-12H,1,3-8,14H2,(H,15,16). The van der Waals surface area contributed by atoms with Crippen LogP contribution in [0.1, 0.15) is 32.1 Å². The van der Waals surface area contributed by atoms with Gasteiger partial charge in [0, 0.05) is 18.5 Å². The number of hydrogen-bond acceptors (Lipinski definition) is 2.